The Morgan fingerprint density at radius 2 is 1.71 bits per heavy atom. The third-order valence-electron chi connectivity index (χ3n) is 8.13. The zero-order chi connectivity index (χ0) is 30.1. The number of piperidine rings is 1. The SMILES string of the molecule is C#CC1CC[C@@H](C#N)N1C(=O)[C@@H](NC(=O)OC(C)(C)C)C1CC2CCC(C1)N(C(=O)c1ccc(C(F)(F)F)cc1)C2. The number of alkyl halides is 3. The summed E-state index contributed by atoms with van der Waals surface area (Å²) < 4.78 is 44.5. The van der Waals surface area contributed by atoms with Gasteiger partial charge in [-0.15, -0.1) is 6.42 Å². The summed E-state index contributed by atoms with van der Waals surface area (Å²) >= 11 is 0. The lowest BCUT2D eigenvalue weighted by Crippen LogP contribution is -2.56. The third-order valence-corrected chi connectivity index (χ3v) is 8.13. The minimum atomic E-state index is -4.50. The summed E-state index contributed by atoms with van der Waals surface area (Å²) in [4.78, 5) is 43.4. The van der Waals surface area contributed by atoms with Crippen LogP contribution in [0.4, 0.5) is 18.0 Å². The van der Waals surface area contributed by atoms with Crippen LogP contribution in [-0.4, -0.2) is 64.0 Å². The van der Waals surface area contributed by atoms with Crippen molar-refractivity contribution >= 4 is 17.9 Å². The summed E-state index contributed by atoms with van der Waals surface area (Å²) in [5, 5.41) is 12.5. The smallest absolute Gasteiger partial charge is 0.416 e. The van der Waals surface area contributed by atoms with Crippen molar-refractivity contribution in [2.45, 2.75) is 95.2 Å². The van der Waals surface area contributed by atoms with E-state index in [1.165, 1.54) is 17.0 Å². The second-order valence-electron chi connectivity index (χ2n) is 12.1. The average Bonchev–Trinajstić information content (AvgIpc) is 3.11. The highest BCUT2D eigenvalue weighted by Crippen LogP contribution is 2.40. The molecule has 8 nitrogen and oxygen atoms in total. The summed E-state index contributed by atoms with van der Waals surface area (Å²) in [6.07, 6.45) is 3.72. The normalized spacial score (nSPS) is 26.9. The molecule has 4 fully saturated rings. The molecule has 11 heteroatoms. The van der Waals surface area contributed by atoms with E-state index >= 15 is 0 Å². The van der Waals surface area contributed by atoms with Crippen LogP contribution in [0.1, 0.15) is 75.2 Å². The fourth-order valence-corrected chi connectivity index (χ4v) is 6.29. The third kappa shape index (κ3) is 6.78. The Morgan fingerprint density at radius 3 is 2.29 bits per heavy atom. The van der Waals surface area contributed by atoms with E-state index in [9.17, 15) is 32.8 Å². The van der Waals surface area contributed by atoms with Gasteiger partial charge in [-0.2, -0.15) is 18.4 Å². The van der Waals surface area contributed by atoms with Gasteiger partial charge in [-0.25, -0.2) is 4.79 Å². The van der Waals surface area contributed by atoms with Gasteiger partial charge in [0, 0.05) is 18.2 Å². The number of ether oxygens (including phenoxy) is 1. The molecule has 1 saturated carbocycles. The van der Waals surface area contributed by atoms with Crippen molar-refractivity contribution in [1.29, 1.82) is 5.26 Å². The fraction of sp³-hybridized carbons (Fsp3) is 0.600. The van der Waals surface area contributed by atoms with Crippen LogP contribution in [0.3, 0.4) is 0 Å². The lowest BCUT2D eigenvalue weighted by atomic mass is 9.87. The summed E-state index contributed by atoms with van der Waals surface area (Å²) in [6, 6.07) is 3.72. The van der Waals surface area contributed by atoms with Crippen LogP contribution in [0.2, 0.25) is 0 Å². The number of carbonyl (C=O) groups excluding carboxylic acids is 3. The van der Waals surface area contributed by atoms with Gasteiger partial charge >= 0.3 is 12.3 Å². The van der Waals surface area contributed by atoms with Gasteiger partial charge in [0.2, 0.25) is 5.91 Å². The maximum Gasteiger partial charge on any atom is 0.416 e. The molecular formula is C30H35F3N4O4. The van der Waals surface area contributed by atoms with Gasteiger partial charge in [0.05, 0.1) is 17.7 Å². The standard InChI is InChI=1S/C30H35F3N4O4/c1-5-22-12-13-24(16-34)37(22)27(39)25(35-28(40)41-29(2,3)4)20-14-18-6-11-23(15-20)36(17-18)26(38)19-7-9-21(10-8-19)30(31,32)33/h1,7-10,18,20,22-25H,6,11-15,17H2,2-4H3,(H,35,40)/t18?,20?,22?,23?,24-,25-/m0/s1. The Balaban J connectivity index is 1.60. The molecule has 3 saturated heterocycles. The predicted octanol–water partition coefficient (Wildman–Crippen LogP) is 4.75. The zero-order valence-corrected chi connectivity index (χ0v) is 23.4. The van der Waals surface area contributed by atoms with E-state index in [0.717, 1.165) is 18.6 Å². The fourth-order valence-electron chi connectivity index (χ4n) is 6.29. The number of hydrogen-bond donors (Lipinski definition) is 1. The van der Waals surface area contributed by atoms with Crippen LogP contribution in [-0.2, 0) is 15.7 Å². The average molecular weight is 573 g/mol. The van der Waals surface area contributed by atoms with Crippen molar-refractivity contribution < 1.29 is 32.3 Å². The number of benzene rings is 1. The summed E-state index contributed by atoms with van der Waals surface area (Å²) in [7, 11) is 0. The summed E-state index contributed by atoms with van der Waals surface area (Å²) in [5.74, 6) is 1.41. The maximum atomic E-state index is 14.0. The number of hydrogen-bond acceptors (Lipinski definition) is 5. The van der Waals surface area contributed by atoms with Crippen LogP contribution in [0.5, 0.6) is 0 Å². The number of halogens is 3. The van der Waals surface area contributed by atoms with Crippen LogP contribution < -0.4 is 5.32 Å². The number of terminal acetylenes is 1. The van der Waals surface area contributed by atoms with E-state index in [1.807, 2.05) is 0 Å². The van der Waals surface area contributed by atoms with Gasteiger partial charge in [0.1, 0.15) is 17.7 Å². The number of carbonyl (C=O) groups is 3. The number of fused-ring (bicyclic) bond motifs is 4. The molecule has 0 spiro atoms. The highest BCUT2D eigenvalue weighted by atomic mass is 19.4. The van der Waals surface area contributed by atoms with Crippen molar-refractivity contribution in [1.82, 2.24) is 15.1 Å². The topological polar surface area (TPSA) is 103 Å². The Morgan fingerprint density at radius 1 is 1.05 bits per heavy atom. The zero-order valence-electron chi connectivity index (χ0n) is 23.4. The number of nitrogens with zero attached hydrogens (tertiary/aromatic N) is 3. The van der Waals surface area contributed by atoms with E-state index in [2.05, 4.69) is 17.3 Å². The van der Waals surface area contributed by atoms with E-state index < -0.39 is 47.5 Å². The first kappa shape index (κ1) is 30.2. The molecule has 6 atom stereocenters. The molecule has 4 unspecified atom stereocenters. The van der Waals surface area contributed by atoms with E-state index in [0.29, 0.717) is 38.6 Å². The number of amides is 3. The van der Waals surface area contributed by atoms with Gasteiger partial charge in [0.25, 0.3) is 5.91 Å². The van der Waals surface area contributed by atoms with Gasteiger partial charge in [-0.1, -0.05) is 5.92 Å². The Hall–Kier alpha value is -3.73. The van der Waals surface area contributed by atoms with Crippen molar-refractivity contribution in [3.63, 3.8) is 0 Å². The van der Waals surface area contributed by atoms with Gasteiger partial charge in [-0.3, -0.25) is 9.59 Å². The first-order chi connectivity index (χ1) is 19.2. The Labute approximate surface area is 238 Å². The molecule has 3 amide bonds. The molecule has 41 heavy (non-hydrogen) atoms. The number of rotatable bonds is 4. The minimum Gasteiger partial charge on any atom is -0.444 e. The van der Waals surface area contributed by atoms with Crippen molar-refractivity contribution in [3.8, 4) is 18.4 Å². The molecule has 0 aromatic heterocycles. The van der Waals surface area contributed by atoms with E-state index in [1.54, 1.807) is 25.7 Å². The van der Waals surface area contributed by atoms with Crippen molar-refractivity contribution in [3.05, 3.63) is 35.4 Å². The number of alkyl carbamates (subject to hydrolysis) is 1. The monoisotopic (exact) mass is 572 g/mol. The number of nitriles is 1. The Bertz CT molecular complexity index is 1220. The largest absolute Gasteiger partial charge is 0.444 e. The van der Waals surface area contributed by atoms with Crippen molar-refractivity contribution in [2.75, 3.05) is 6.54 Å². The van der Waals surface area contributed by atoms with E-state index in [-0.39, 0.29) is 29.3 Å². The molecule has 1 N–H and O–H groups in total. The highest BCUT2D eigenvalue weighted by molar-refractivity contribution is 5.94. The van der Waals surface area contributed by atoms with Crippen molar-refractivity contribution in [2.24, 2.45) is 11.8 Å². The lowest BCUT2D eigenvalue weighted by molar-refractivity contribution is -0.138. The minimum absolute atomic E-state index is 0.0154. The second kappa shape index (κ2) is 11.6. The maximum absolute atomic E-state index is 14.0. The van der Waals surface area contributed by atoms with Crippen LogP contribution >= 0.6 is 0 Å². The van der Waals surface area contributed by atoms with Gasteiger partial charge < -0.3 is 19.9 Å². The first-order valence-corrected chi connectivity index (χ1v) is 13.9. The molecule has 220 valence electrons. The molecule has 5 rings (SSSR count). The second-order valence-corrected chi connectivity index (χ2v) is 12.1. The highest BCUT2D eigenvalue weighted by Gasteiger charge is 2.47. The molecule has 3 heterocycles. The molecule has 1 aromatic carbocycles. The quantitative estimate of drug-likeness (QED) is 0.525. The number of nitrogens with one attached hydrogen (secondary N) is 1. The molecule has 3 aliphatic heterocycles. The molecule has 1 aromatic rings. The molecular weight excluding hydrogens is 537 g/mol. The van der Waals surface area contributed by atoms with Gasteiger partial charge in [-0.05, 0) is 95.4 Å². The predicted molar refractivity (Wildman–Crippen MR) is 143 cm³/mol. The molecule has 2 bridgehead atoms. The van der Waals surface area contributed by atoms with Crippen LogP contribution in [0.25, 0.3) is 0 Å². The molecule has 4 aliphatic rings. The lowest BCUT2D eigenvalue weighted by Gasteiger charge is -2.37. The summed E-state index contributed by atoms with van der Waals surface area (Å²) in [5.41, 5.74) is -1.48. The van der Waals surface area contributed by atoms with Crippen LogP contribution in [0.15, 0.2) is 24.3 Å². The summed E-state index contributed by atoms with van der Waals surface area (Å²) in [6.45, 7) is 5.52. The Kier molecular flexibility index (Phi) is 8.58. The van der Waals surface area contributed by atoms with Crippen LogP contribution in [0, 0.1) is 35.5 Å². The molecule has 1 aliphatic carbocycles. The van der Waals surface area contributed by atoms with E-state index in [4.69, 9.17) is 11.2 Å². The first-order valence-electron chi connectivity index (χ1n) is 13.9. The van der Waals surface area contributed by atoms with Gasteiger partial charge in [0.15, 0.2) is 0 Å². The molecule has 0 radical (unpaired) electrons. The number of likely N-dealkylation sites (tertiary alicyclic amines) is 1.